The van der Waals surface area contributed by atoms with Gasteiger partial charge in [-0.05, 0) is 55.2 Å². The number of rotatable bonds is 10. The van der Waals surface area contributed by atoms with E-state index in [2.05, 4.69) is 0 Å². The first-order chi connectivity index (χ1) is 12.3. The van der Waals surface area contributed by atoms with E-state index in [1.807, 2.05) is 30.3 Å². The van der Waals surface area contributed by atoms with Crippen molar-refractivity contribution in [1.29, 1.82) is 0 Å². The van der Waals surface area contributed by atoms with Gasteiger partial charge in [0.2, 0.25) is 0 Å². The van der Waals surface area contributed by atoms with Crippen LogP contribution in [0.25, 0.3) is 6.08 Å². The lowest BCUT2D eigenvalue weighted by atomic mass is 10.2. The Morgan fingerprint density at radius 2 is 1.56 bits per heavy atom. The van der Waals surface area contributed by atoms with Gasteiger partial charge in [-0.3, -0.25) is 0 Å². The number of ether oxygens (including phenoxy) is 2. The molecular formula is C21H24O4. The second-order valence-corrected chi connectivity index (χ2v) is 5.62. The van der Waals surface area contributed by atoms with Gasteiger partial charge in [-0.15, -0.1) is 0 Å². The molecule has 25 heavy (non-hydrogen) atoms. The molecule has 0 saturated carbocycles. The van der Waals surface area contributed by atoms with E-state index in [4.69, 9.17) is 14.6 Å². The number of aliphatic hydroxyl groups is 1. The zero-order valence-electron chi connectivity index (χ0n) is 14.3. The normalized spacial score (nSPS) is 10.8. The fraction of sp³-hybridized carbons (Fsp3) is 0.286. The molecule has 0 saturated heterocycles. The molecule has 4 heteroatoms. The average Bonchev–Trinajstić information content (AvgIpc) is 2.65. The largest absolute Gasteiger partial charge is 0.494 e. The monoisotopic (exact) mass is 340 g/mol. The van der Waals surface area contributed by atoms with Crippen molar-refractivity contribution < 1.29 is 19.4 Å². The predicted octanol–water partition coefficient (Wildman–Crippen LogP) is 4.24. The molecule has 0 amide bonds. The molecule has 0 heterocycles. The summed E-state index contributed by atoms with van der Waals surface area (Å²) in [6.45, 7) is 0.895. The number of carbonyl (C=O) groups excluding carboxylic acids is 1. The van der Waals surface area contributed by atoms with Crippen LogP contribution in [0.15, 0.2) is 60.7 Å². The Kier molecular flexibility index (Phi) is 8.29. The highest BCUT2D eigenvalue weighted by Crippen LogP contribution is 2.18. The summed E-state index contributed by atoms with van der Waals surface area (Å²) in [5.41, 5.74) is 0.946. The van der Waals surface area contributed by atoms with E-state index in [-0.39, 0.29) is 6.61 Å². The standard InChI is InChI=1S/C21H24O4/c22-16-6-1-2-7-17-24-19-11-13-20(14-12-19)25-21(23)15-10-18-8-4-3-5-9-18/h3-5,8-15,22H,1-2,6-7,16-17H2/b15-10+. The molecule has 0 fully saturated rings. The Hall–Kier alpha value is -2.59. The zero-order chi connectivity index (χ0) is 17.7. The lowest BCUT2D eigenvalue weighted by Gasteiger charge is -2.07. The molecule has 0 unspecified atom stereocenters. The van der Waals surface area contributed by atoms with Gasteiger partial charge in [-0.1, -0.05) is 36.8 Å². The van der Waals surface area contributed by atoms with E-state index < -0.39 is 5.97 Å². The van der Waals surface area contributed by atoms with Crippen LogP contribution in [0.5, 0.6) is 11.5 Å². The van der Waals surface area contributed by atoms with E-state index in [0.717, 1.165) is 37.0 Å². The van der Waals surface area contributed by atoms with E-state index in [1.165, 1.54) is 6.08 Å². The van der Waals surface area contributed by atoms with Crippen LogP contribution < -0.4 is 9.47 Å². The number of carbonyl (C=O) groups is 1. The van der Waals surface area contributed by atoms with Gasteiger partial charge in [0.1, 0.15) is 11.5 Å². The van der Waals surface area contributed by atoms with Gasteiger partial charge in [0.25, 0.3) is 0 Å². The maximum Gasteiger partial charge on any atom is 0.336 e. The van der Waals surface area contributed by atoms with Crippen molar-refractivity contribution in [1.82, 2.24) is 0 Å². The molecule has 2 aromatic carbocycles. The van der Waals surface area contributed by atoms with E-state index in [0.29, 0.717) is 12.4 Å². The quantitative estimate of drug-likeness (QED) is 0.304. The van der Waals surface area contributed by atoms with E-state index in [1.54, 1.807) is 30.3 Å². The first kappa shape index (κ1) is 18.7. The van der Waals surface area contributed by atoms with Crippen LogP contribution in [0.4, 0.5) is 0 Å². The van der Waals surface area contributed by atoms with Crippen molar-refractivity contribution in [3.8, 4) is 11.5 Å². The van der Waals surface area contributed by atoms with Crippen molar-refractivity contribution in [2.24, 2.45) is 0 Å². The minimum Gasteiger partial charge on any atom is -0.494 e. The van der Waals surface area contributed by atoms with Crippen molar-refractivity contribution in [3.05, 3.63) is 66.2 Å². The molecule has 2 rings (SSSR count). The highest BCUT2D eigenvalue weighted by Gasteiger charge is 2.01. The van der Waals surface area contributed by atoms with Crippen molar-refractivity contribution in [3.63, 3.8) is 0 Å². The number of esters is 1. The van der Waals surface area contributed by atoms with E-state index in [9.17, 15) is 4.79 Å². The maximum atomic E-state index is 11.8. The summed E-state index contributed by atoms with van der Waals surface area (Å²) in [7, 11) is 0. The molecule has 0 aliphatic rings. The van der Waals surface area contributed by atoms with E-state index >= 15 is 0 Å². The zero-order valence-corrected chi connectivity index (χ0v) is 14.3. The Balaban J connectivity index is 1.72. The third-order valence-electron chi connectivity index (χ3n) is 3.57. The fourth-order valence-electron chi connectivity index (χ4n) is 2.24. The SMILES string of the molecule is O=C(/C=C/c1ccccc1)Oc1ccc(OCCCCCCO)cc1. The number of hydrogen-bond acceptors (Lipinski definition) is 4. The second kappa shape index (κ2) is 11.0. The molecule has 4 nitrogen and oxygen atoms in total. The highest BCUT2D eigenvalue weighted by atomic mass is 16.5. The molecule has 0 aliphatic carbocycles. The van der Waals surface area contributed by atoms with Crippen molar-refractivity contribution in [2.45, 2.75) is 25.7 Å². The van der Waals surface area contributed by atoms with Gasteiger partial charge in [-0.25, -0.2) is 4.79 Å². The van der Waals surface area contributed by atoms with Crippen LogP contribution in [-0.2, 0) is 4.79 Å². The number of unbranched alkanes of at least 4 members (excludes halogenated alkanes) is 3. The average molecular weight is 340 g/mol. The van der Waals surface area contributed by atoms with Gasteiger partial charge in [0.15, 0.2) is 0 Å². The van der Waals surface area contributed by atoms with Crippen LogP contribution in [0.3, 0.4) is 0 Å². The lowest BCUT2D eigenvalue weighted by Crippen LogP contribution is -2.03. The molecule has 0 aromatic heterocycles. The van der Waals surface area contributed by atoms with Gasteiger partial charge in [-0.2, -0.15) is 0 Å². The molecule has 132 valence electrons. The van der Waals surface area contributed by atoms with Crippen LogP contribution in [0, 0.1) is 0 Å². The summed E-state index contributed by atoms with van der Waals surface area (Å²) in [6.07, 6.45) is 7.00. The topological polar surface area (TPSA) is 55.8 Å². The van der Waals surface area contributed by atoms with Crippen LogP contribution in [0.2, 0.25) is 0 Å². The fourth-order valence-corrected chi connectivity index (χ4v) is 2.24. The summed E-state index contributed by atoms with van der Waals surface area (Å²) in [5.74, 6) is 0.821. The van der Waals surface area contributed by atoms with Crippen LogP contribution >= 0.6 is 0 Å². The molecule has 0 spiro atoms. The Morgan fingerprint density at radius 1 is 0.880 bits per heavy atom. The molecule has 0 aliphatic heterocycles. The highest BCUT2D eigenvalue weighted by molar-refractivity contribution is 5.88. The second-order valence-electron chi connectivity index (χ2n) is 5.62. The number of aliphatic hydroxyl groups excluding tert-OH is 1. The molecule has 0 atom stereocenters. The lowest BCUT2D eigenvalue weighted by molar-refractivity contribution is -0.128. The number of hydrogen-bond donors (Lipinski definition) is 1. The molecule has 0 radical (unpaired) electrons. The van der Waals surface area contributed by atoms with Gasteiger partial charge in [0.05, 0.1) is 6.61 Å². The van der Waals surface area contributed by atoms with Crippen molar-refractivity contribution >= 4 is 12.0 Å². The summed E-state index contributed by atoms with van der Waals surface area (Å²) in [5, 5.41) is 8.71. The number of benzene rings is 2. The minimum atomic E-state index is -0.415. The maximum absolute atomic E-state index is 11.8. The summed E-state index contributed by atoms with van der Waals surface area (Å²) >= 11 is 0. The Morgan fingerprint density at radius 3 is 2.28 bits per heavy atom. The van der Waals surface area contributed by atoms with Gasteiger partial charge < -0.3 is 14.6 Å². The Labute approximate surface area is 148 Å². The minimum absolute atomic E-state index is 0.252. The summed E-state index contributed by atoms with van der Waals surface area (Å²) in [6, 6.07) is 16.6. The Bertz CT molecular complexity index is 647. The first-order valence-electron chi connectivity index (χ1n) is 8.56. The molecule has 0 bridgehead atoms. The molecule has 2 aromatic rings. The smallest absolute Gasteiger partial charge is 0.336 e. The predicted molar refractivity (Wildman–Crippen MR) is 98.6 cm³/mol. The summed E-state index contributed by atoms with van der Waals surface area (Å²) in [4.78, 5) is 11.8. The third-order valence-corrected chi connectivity index (χ3v) is 3.57. The van der Waals surface area contributed by atoms with Crippen molar-refractivity contribution in [2.75, 3.05) is 13.2 Å². The van der Waals surface area contributed by atoms with Crippen LogP contribution in [-0.4, -0.2) is 24.3 Å². The first-order valence-corrected chi connectivity index (χ1v) is 8.56. The van der Waals surface area contributed by atoms with Gasteiger partial charge >= 0.3 is 5.97 Å². The summed E-state index contributed by atoms with van der Waals surface area (Å²) < 4.78 is 10.9. The van der Waals surface area contributed by atoms with Crippen LogP contribution in [0.1, 0.15) is 31.2 Å². The van der Waals surface area contributed by atoms with Gasteiger partial charge in [0, 0.05) is 12.7 Å². The molecular weight excluding hydrogens is 316 g/mol. The third kappa shape index (κ3) is 7.68. The molecule has 1 N–H and O–H groups in total.